The molecule has 0 spiro atoms. The highest BCUT2D eigenvalue weighted by atomic mass is 32.2. The van der Waals surface area contributed by atoms with Crippen molar-refractivity contribution in [3.8, 4) is 11.5 Å². The fourth-order valence-corrected chi connectivity index (χ4v) is 3.82. The molecule has 2 aromatic rings. The van der Waals surface area contributed by atoms with Gasteiger partial charge < -0.3 is 19.5 Å². The lowest BCUT2D eigenvalue weighted by atomic mass is 10.3. The molecule has 3 rings (SSSR count). The smallest absolute Gasteiger partial charge is 0.307 e. The summed E-state index contributed by atoms with van der Waals surface area (Å²) in [4.78, 5) is 24.0. The van der Waals surface area contributed by atoms with Gasteiger partial charge in [-0.2, -0.15) is 0 Å². The highest BCUT2D eigenvalue weighted by molar-refractivity contribution is 7.89. The Balaban J connectivity index is 1.47. The van der Waals surface area contributed by atoms with E-state index in [1.807, 2.05) is 0 Å². The normalized spacial score (nSPS) is 14.2. The topological polar surface area (TPSA) is 120 Å². The Hall–Kier alpha value is -3.18. The predicted octanol–water partition coefficient (Wildman–Crippen LogP) is 2.23. The third kappa shape index (κ3) is 6.41. The summed E-state index contributed by atoms with van der Waals surface area (Å²) in [6, 6.07) is 9.37. The van der Waals surface area contributed by atoms with Crippen molar-refractivity contribution in [2.24, 2.45) is 0 Å². The van der Waals surface area contributed by atoms with Crippen LogP contribution in [0.25, 0.3) is 0 Å². The van der Waals surface area contributed by atoms with Crippen LogP contribution in [0.15, 0.2) is 47.4 Å². The fourth-order valence-electron chi connectivity index (χ4n) is 2.77. The van der Waals surface area contributed by atoms with Gasteiger partial charge in [0, 0.05) is 24.7 Å². The predicted molar refractivity (Wildman–Crippen MR) is 112 cm³/mol. The van der Waals surface area contributed by atoms with Crippen LogP contribution in [-0.2, 0) is 24.3 Å². The lowest BCUT2D eigenvalue weighted by molar-refractivity contribution is -0.152. The third-order valence-electron chi connectivity index (χ3n) is 4.44. The quantitative estimate of drug-likeness (QED) is 0.573. The van der Waals surface area contributed by atoms with E-state index >= 15 is 0 Å². The van der Waals surface area contributed by atoms with E-state index in [0.717, 1.165) is 0 Å². The van der Waals surface area contributed by atoms with Gasteiger partial charge in [-0.05, 0) is 43.3 Å². The molecule has 11 heteroatoms. The lowest BCUT2D eigenvalue weighted by Crippen LogP contribution is -2.32. The number of rotatable bonds is 8. The number of ether oxygens (including phenoxy) is 3. The van der Waals surface area contributed by atoms with Crippen molar-refractivity contribution in [2.45, 2.75) is 30.8 Å². The largest absolute Gasteiger partial charge is 0.490 e. The number of esters is 1. The van der Waals surface area contributed by atoms with Crippen molar-refractivity contribution in [3.63, 3.8) is 0 Å². The molecule has 0 aliphatic carbocycles. The van der Waals surface area contributed by atoms with E-state index in [2.05, 4.69) is 10.0 Å². The van der Waals surface area contributed by atoms with Crippen LogP contribution in [0.4, 0.5) is 10.1 Å². The molecule has 0 aromatic heterocycles. The number of nitrogens with one attached hydrogen (secondary N) is 2. The van der Waals surface area contributed by atoms with Gasteiger partial charge in [0.15, 0.2) is 17.6 Å². The first-order chi connectivity index (χ1) is 15.2. The maximum absolute atomic E-state index is 12.9. The highest BCUT2D eigenvalue weighted by Crippen LogP contribution is 2.31. The monoisotopic (exact) mass is 466 g/mol. The minimum Gasteiger partial charge on any atom is -0.490 e. The van der Waals surface area contributed by atoms with Crippen molar-refractivity contribution >= 4 is 27.6 Å². The van der Waals surface area contributed by atoms with E-state index < -0.39 is 33.8 Å². The standard InChI is InChI=1S/C21H23FN2O7S/c1-14(21(26)24-16-5-3-15(22)4-6-16)31-20(25)9-10-23-32(27,28)17-7-8-18-19(13-17)30-12-2-11-29-18/h3-8,13-14,23H,2,9-12H2,1H3,(H,24,26). The second-order valence-corrected chi connectivity index (χ2v) is 8.70. The van der Waals surface area contributed by atoms with Crippen LogP contribution >= 0.6 is 0 Å². The Morgan fingerprint density at radius 2 is 1.78 bits per heavy atom. The van der Waals surface area contributed by atoms with Gasteiger partial charge in [0.05, 0.1) is 24.5 Å². The van der Waals surface area contributed by atoms with Gasteiger partial charge in [-0.3, -0.25) is 9.59 Å². The molecule has 0 saturated carbocycles. The van der Waals surface area contributed by atoms with Gasteiger partial charge in [-0.15, -0.1) is 0 Å². The van der Waals surface area contributed by atoms with E-state index in [4.69, 9.17) is 14.2 Å². The molecule has 172 valence electrons. The van der Waals surface area contributed by atoms with Crippen molar-refractivity contribution in [1.29, 1.82) is 0 Å². The molecule has 1 heterocycles. The van der Waals surface area contributed by atoms with Crippen LogP contribution in [0, 0.1) is 5.82 Å². The van der Waals surface area contributed by atoms with E-state index in [-0.39, 0.29) is 17.9 Å². The Morgan fingerprint density at radius 1 is 1.09 bits per heavy atom. The third-order valence-corrected chi connectivity index (χ3v) is 5.90. The Kier molecular flexibility index (Phi) is 7.65. The molecular weight excluding hydrogens is 443 g/mol. The number of hydrogen-bond donors (Lipinski definition) is 2. The van der Waals surface area contributed by atoms with E-state index in [9.17, 15) is 22.4 Å². The van der Waals surface area contributed by atoms with Crippen LogP contribution in [0.3, 0.4) is 0 Å². The summed E-state index contributed by atoms with van der Waals surface area (Å²) in [6.45, 7) is 2.06. The van der Waals surface area contributed by atoms with Gasteiger partial charge in [0.1, 0.15) is 5.82 Å². The second kappa shape index (κ2) is 10.4. The average molecular weight is 466 g/mol. The number of fused-ring (bicyclic) bond motifs is 1. The number of amides is 1. The number of carbonyl (C=O) groups is 2. The molecule has 32 heavy (non-hydrogen) atoms. The maximum atomic E-state index is 12.9. The Bertz CT molecular complexity index is 1070. The van der Waals surface area contributed by atoms with Crippen molar-refractivity contribution in [1.82, 2.24) is 4.72 Å². The zero-order chi connectivity index (χ0) is 23.1. The minimum absolute atomic E-state index is 0.0258. The van der Waals surface area contributed by atoms with Crippen molar-refractivity contribution in [3.05, 3.63) is 48.3 Å². The Morgan fingerprint density at radius 3 is 2.50 bits per heavy atom. The summed E-state index contributed by atoms with van der Waals surface area (Å²) >= 11 is 0. The summed E-state index contributed by atoms with van der Waals surface area (Å²) in [5.41, 5.74) is 0.349. The molecule has 1 unspecified atom stereocenters. The molecule has 2 N–H and O–H groups in total. The summed E-state index contributed by atoms with van der Waals surface area (Å²) in [5, 5.41) is 2.49. The van der Waals surface area contributed by atoms with E-state index in [0.29, 0.717) is 36.8 Å². The molecular formula is C21H23FN2O7S. The minimum atomic E-state index is -3.89. The van der Waals surface area contributed by atoms with Crippen LogP contribution < -0.4 is 19.5 Å². The summed E-state index contributed by atoms with van der Waals surface area (Å²) in [6.07, 6.45) is -0.707. The molecule has 1 aliphatic rings. The van der Waals surface area contributed by atoms with Gasteiger partial charge in [0.25, 0.3) is 5.91 Å². The first-order valence-corrected chi connectivity index (χ1v) is 11.4. The first kappa shape index (κ1) is 23.5. The molecule has 1 amide bonds. The maximum Gasteiger partial charge on any atom is 0.307 e. The van der Waals surface area contributed by atoms with Gasteiger partial charge >= 0.3 is 5.97 Å². The number of anilines is 1. The lowest BCUT2D eigenvalue weighted by Gasteiger charge is -2.14. The van der Waals surface area contributed by atoms with Crippen LogP contribution in [-0.4, -0.2) is 46.2 Å². The first-order valence-electron chi connectivity index (χ1n) is 9.90. The molecule has 0 fully saturated rings. The van der Waals surface area contributed by atoms with Gasteiger partial charge in [-0.1, -0.05) is 0 Å². The number of hydrogen-bond acceptors (Lipinski definition) is 7. The van der Waals surface area contributed by atoms with Crippen LogP contribution in [0.2, 0.25) is 0 Å². The summed E-state index contributed by atoms with van der Waals surface area (Å²) in [7, 11) is -3.89. The number of sulfonamides is 1. The van der Waals surface area contributed by atoms with E-state index in [1.165, 1.54) is 49.4 Å². The zero-order valence-corrected chi connectivity index (χ0v) is 18.1. The Labute approximate surface area is 184 Å². The van der Waals surface area contributed by atoms with Gasteiger partial charge in [0.2, 0.25) is 10.0 Å². The summed E-state index contributed by atoms with van der Waals surface area (Å²) < 4.78 is 56.2. The molecule has 0 bridgehead atoms. The average Bonchev–Trinajstić information content (AvgIpc) is 3.00. The van der Waals surface area contributed by atoms with Gasteiger partial charge in [-0.25, -0.2) is 17.5 Å². The van der Waals surface area contributed by atoms with E-state index in [1.54, 1.807) is 0 Å². The number of halogens is 1. The van der Waals surface area contributed by atoms with Crippen molar-refractivity contribution < 1.29 is 36.6 Å². The molecule has 1 aliphatic heterocycles. The summed E-state index contributed by atoms with van der Waals surface area (Å²) in [5.74, 6) is -0.994. The molecule has 1 atom stereocenters. The molecule has 0 saturated heterocycles. The number of benzene rings is 2. The van der Waals surface area contributed by atoms with Crippen LogP contribution in [0.5, 0.6) is 11.5 Å². The zero-order valence-electron chi connectivity index (χ0n) is 17.3. The fraction of sp³-hybridized carbons (Fsp3) is 0.333. The van der Waals surface area contributed by atoms with Crippen molar-refractivity contribution in [2.75, 3.05) is 25.1 Å². The molecule has 0 radical (unpaired) electrons. The van der Waals surface area contributed by atoms with Crippen LogP contribution in [0.1, 0.15) is 19.8 Å². The number of carbonyl (C=O) groups excluding carboxylic acids is 2. The second-order valence-electron chi connectivity index (χ2n) is 6.94. The highest BCUT2D eigenvalue weighted by Gasteiger charge is 2.21. The molecule has 9 nitrogen and oxygen atoms in total. The SMILES string of the molecule is CC(OC(=O)CCNS(=O)(=O)c1ccc2c(c1)OCCCO2)C(=O)Nc1ccc(F)cc1. The molecule has 2 aromatic carbocycles.